The van der Waals surface area contributed by atoms with Crippen LogP contribution in [0.3, 0.4) is 0 Å². The van der Waals surface area contributed by atoms with Crippen LogP contribution in [-0.4, -0.2) is 5.11 Å². The molecule has 0 spiro atoms. The van der Waals surface area contributed by atoms with E-state index in [0.29, 0.717) is 5.02 Å². The molecule has 0 aliphatic carbocycles. The van der Waals surface area contributed by atoms with Crippen molar-refractivity contribution in [3.8, 4) is 5.75 Å². The Labute approximate surface area is 79.0 Å². The molecule has 0 bridgehead atoms. The highest BCUT2D eigenvalue weighted by Gasteiger charge is 2.00. The van der Waals surface area contributed by atoms with E-state index in [4.69, 9.17) is 16.7 Å². The summed E-state index contributed by atoms with van der Waals surface area (Å²) < 4.78 is 0. The Bertz CT molecular complexity index is 233. The van der Waals surface area contributed by atoms with Gasteiger partial charge >= 0.3 is 0 Å². The van der Waals surface area contributed by atoms with E-state index >= 15 is 0 Å². The van der Waals surface area contributed by atoms with E-state index in [1.807, 2.05) is 26.8 Å². The molecule has 0 heterocycles. The zero-order chi connectivity index (χ0) is 9.56. The SMILES string of the molecule is CC.CCc1cccc(O)c1Cl. The van der Waals surface area contributed by atoms with E-state index in [0.717, 1.165) is 12.0 Å². The number of halogens is 1. The summed E-state index contributed by atoms with van der Waals surface area (Å²) >= 11 is 5.74. The molecule has 0 unspecified atom stereocenters. The average molecular weight is 187 g/mol. The van der Waals surface area contributed by atoms with Gasteiger partial charge < -0.3 is 5.11 Å². The van der Waals surface area contributed by atoms with Gasteiger partial charge in [0.05, 0.1) is 5.02 Å². The van der Waals surface area contributed by atoms with Crippen molar-refractivity contribution in [2.24, 2.45) is 0 Å². The maximum atomic E-state index is 9.10. The second kappa shape index (κ2) is 5.90. The van der Waals surface area contributed by atoms with Gasteiger partial charge in [0.1, 0.15) is 5.75 Å². The zero-order valence-corrected chi connectivity index (χ0v) is 8.52. The lowest BCUT2D eigenvalue weighted by Crippen LogP contribution is -1.80. The highest BCUT2D eigenvalue weighted by molar-refractivity contribution is 6.32. The van der Waals surface area contributed by atoms with Gasteiger partial charge in [0.25, 0.3) is 0 Å². The molecule has 0 saturated heterocycles. The monoisotopic (exact) mass is 186 g/mol. The fourth-order valence-corrected chi connectivity index (χ4v) is 1.10. The molecular formula is C10H15ClO. The van der Waals surface area contributed by atoms with Crippen LogP contribution in [0, 0.1) is 0 Å². The van der Waals surface area contributed by atoms with Gasteiger partial charge in [0.15, 0.2) is 0 Å². The Kier molecular flexibility index (Phi) is 5.56. The third kappa shape index (κ3) is 2.74. The molecular weight excluding hydrogens is 172 g/mol. The smallest absolute Gasteiger partial charge is 0.134 e. The molecule has 0 saturated carbocycles. The van der Waals surface area contributed by atoms with Gasteiger partial charge in [-0.2, -0.15) is 0 Å². The normalized spacial score (nSPS) is 8.67. The molecule has 0 aromatic heterocycles. The standard InChI is InChI=1S/C8H9ClO.C2H6/c1-2-6-4-3-5-7(10)8(6)9;1-2/h3-5,10H,2H2,1H3;1-2H3. The van der Waals surface area contributed by atoms with E-state index in [1.165, 1.54) is 0 Å². The predicted molar refractivity (Wildman–Crippen MR) is 53.8 cm³/mol. The zero-order valence-electron chi connectivity index (χ0n) is 7.76. The summed E-state index contributed by atoms with van der Waals surface area (Å²) in [4.78, 5) is 0. The van der Waals surface area contributed by atoms with E-state index in [-0.39, 0.29) is 5.75 Å². The molecule has 1 aromatic carbocycles. The van der Waals surface area contributed by atoms with Gasteiger partial charge in [-0.15, -0.1) is 0 Å². The molecule has 0 amide bonds. The van der Waals surface area contributed by atoms with Gasteiger partial charge in [-0.1, -0.05) is 44.5 Å². The second-order valence-corrected chi connectivity index (χ2v) is 2.48. The number of aromatic hydroxyl groups is 1. The molecule has 1 nitrogen and oxygen atoms in total. The highest BCUT2D eigenvalue weighted by atomic mass is 35.5. The van der Waals surface area contributed by atoms with Crippen molar-refractivity contribution in [2.75, 3.05) is 0 Å². The van der Waals surface area contributed by atoms with Crippen molar-refractivity contribution in [1.82, 2.24) is 0 Å². The molecule has 0 radical (unpaired) electrons. The van der Waals surface area contributed by atoms with E-state index < -0.39 is 0 Å². The number of hydrogen-bond acceptors (Lipinski definition) is 1. The van der Waals surface area contributed by atoms with Crippen LogP contribution in [0.15, 0.2) is 18.2 Å². The van der Waals surface area contributed by atoms with Crippen molar-refractivity contribution in [2.45, 2.75) is 27.2 Å². The van der Waals surface area contributed by atoms with Crippen molar-refractivity contribution in [3.05, 3.63) is 28.8 Å². The van der Waals surface area contributed by atoms with E-state index in [9.17, 15) is 0 Å². The van der Waals surface area contributed by atoms with Crippen LogP contribution in [0.25, 0.3) is 0 Å². The summed E-state index contributed by atoms with van der Waals surface area (Å²) in [5.74, 6) is 0.168. The Balaban J connectivity index is 0.000000561. The van der Waals surface area contributed by atoms with Crippen LogP contribution < -0.4 is 0 Å². The van der Waals surface area contributed by atoms with Gasteiger partial charge in [-0.05, 0) is 18.1 Å². The topological polar surface area (TPSA) is 20.2 Å². The number of rotatable bonds is 1. The first-order chi connectivity index (χ1) is 5.75. The summed E-state index contributed by atoms with van der Waals surface area (Å²) in [5, 5.41) is 9.58. The minimum absolute atomic E-state index is 0.168. The summed E-state index contributed by atoms with van der Waals surface area (Å²) in [6.45, 7) is 6.00. The molecule has 1 rings (SSSR count). The Hall–Kier alpha value is -0.690. The summed E-state index contributed by atoms with van der Waals surface area (Å²) in [6, 6.07) is 5.28. The first-order valence-corrected chi connectivity index (χ1v) is 4.60. The molecule has 1 aromatic rings. The van der Waals surface area contributed by atoms with Gasteiger partial charge in [0.2, 0.25) is 0 Å². The van der Waals surface area contributed by atoms with Gasteiger partial charge in [-0.25, -0.2) is 0 Å². The first kappa shape index (κ1) is 11.3. The predicted octanol–water partition coefficient (Wildman–Crippen LogP) is 3.63. The Morgan fingerprint density at radius 1 is 1.33 bits per heavy atom. The van der Waals surface area contributed by atoms with Crippen molar-refractivity contribution in [1.29, 1.82) is 0 Å². The third-order valence-electron chi connectivity index (χ3n) is 1.44. The van der Waals surface area contributed by atoms with Crippen LogP contribution in [0.1, 0.15) is 26.3 Å². The minimum atomic E-state index is 0.168. The quantitative estimate of drug-likeness (QED) is 0.710. The van der Waals surface area contributed by atoms with Crippen molar-refractivity contribution in [3.63, 3.8) is 0 Å². The Morgan fingerprint density at radius 2 is 1.92 bits per heavy atom. The number of benzene rings is 1. The average Bonchev–Trinajstić information content (AvgIpc) is 2.13. The maximum Gasteiger partial charge on any atom is 0.134 e. The fraction of sp³-hybridized carbons (Fsp3) is 0.400. The lowest BCUT2D eigenvalue weighted by Gasteiger charge is -2.00. The molecule has 0 atom stereocenters. The molecule has 0 aliphatic rings. The minimum Gasteiger partial charge on any atom is -0.506 e. The number of hydrogen-bond donors (Lipinski definition) is 1. The molecule has 0 fully saturated rings. The van der Waals surface area contributed by atoms with Crippen LogP contribution in [-0.2, 0) is 6.42 Å². The lowest BCUT2D eigenvalue weighted by atomic mass is 10.2. The van der Waals surface area contributed by atoms with E-state index in [2.05, 4.69) is 0 Å². The highest BCUT2D eigenvalue weighted by Crippen LogP contribution is 2.26. The lowest BCUT2D eigenvalue weighted by molar-refractivity contribution is 0.475. The third-order valence-corrected chi connectivity index (χ3v) is 1.88. The fourth-order valence-electron chi connectivity index (χ4n) is 0.839. The van der Waals surface area contributed by atoms with Gasteiger partial charge in [0, 0.05) is 0 Å². The summed E-state index contributed by atoms with van der Waals surface area (Å²) in [7, 11) is 0. The first-order valence-electron chi connectivity index (χ1n) is 4.22. The molecule has 0 aliphatic heterocycles. The largest absolute Gasteiger partial charge is 0.506 e. The maximum absolute atomic E-state index is 9.10. The van der Waals surface area contributed by atoms with Gasteiger partial charge in [-0.3, -0.25) is 0 Å². The number of phenolic OH excluding ortho intramolecular Hbond substituents is 1. The van der Waals surface area contributed by atoms with Crippen molar-refractivity contribution < 1.29 is 5.11 Å². The summed E-state index contributed by atoms with van der Waals surface area (Å²) in [6.07, 6.45) is 0.854. The second-order valence-electron chi connectivity index (χ2n) is 2.10. The summed E-state index contributed by atoms with van der Waals surface area (Å²) in [5.41, 5.74) is 0.988. The number of phenols is 1. The van der Waals surface area contributed by atoms with Crippen LogP contribution >= 0.6 is 11.6 Å². The Morgan fingerprint density at radius 3 is 2.33 bits per heavy atom. The molecule has 68 valence electrons. The molecule has 2 heteroatoms. The number of aryl methyl sites for hydroxylation is 1. The van der Waals surface area contributed by atoms with Crippen LogP contribution in [0.4, 0.5) is 0 Å². The molecule has 12 heavy (non-hydrogen) atoms. The molecule has 1 N–H and O–H groups in total. The van der Waals surface area contributed by atoms with Crippen LogP contribution in [0.5, 0.6) is 5.75 Å². The van der Waals surface area contributed by atoms with Crippen LogP contribution in [0.2, 0.25) is 5.02 Å². The van der Waals surface area contributed by atoms with E-state index in [1.54, 1.807) is 12.1 Å². The van der Waals surface area contributed by atoms with Crippen molar-refractivity contribution >= 4 is 11.6 Å².